The summed E-state index contributed by atoms with van der Waals surface area (Å²) in [7, 11) is 0. The van der Waals surface area contributed by atoms with Crippen molar-refractivity contribution < 1.29 is 0 Å². The van der Waals surface area contributed by atoms with Crippen LogP contribution in [0.3, 0.4) is 0 Å². The third-order valence-corrected chi connectivity index (χ3v) is 1.44. The van der Waals surface area contributed by atoms with Crippen LogP contribution in [0, 0.1) is 0 Å². The van der Waals surface area contributed by atoms with Gasteiger partial charge in [0.25, 0.3) is 0 Å². The van der Waals surface area contributed by atoms with Crippen molar-refractivity contribution in [3.8, 4) is 0 Å². The van der Waals surface area contributed by atoms with Gasteiger partial charge in [0.2, 0.25) is 0 Å². The molecule has 0 radical (unpaired) electrons. The Labute approximate surface area is 64.3 Å². The molecule has 2 N–H and O–H groups in total. The van der Waals surface area contributed by atoms with Gasteiger partial charge in [-0.15, -0.1) is 0 Å². The molecule has 1 rings (SSSR count). The highest BCUT2D eigenvalue weighted by atomic mass is 35.5. The molecule has 0 aliphatic carbocycles. The summed E-state index contributed by atoms with van der Waals surface area (Å²) in [5, 5.41) is 0.573. The zero-order valence-electron chi connectivity index (χ0n) is 5.34. The molecule has 1 heterocycles. The lowest BCUT2D eigenvalue weighted by molar-refractivity contribution is 1.33. The Morgan fingerprint density at radius 3 is 2.90 bits per heavy atom. The van der Waals surface area contributed by atoms with Gasteiger partial charge in [-0.05, 0) is 11.6 Å². The van der Waals surface area contributed by atoms with Gasteiger partial charge in [-0.3, -0.25) is 0 Å². The lowest BCUT2D eigenvalue weighted by Gasteiger charge is -1.96. The van der Waals surface area contributed by atoms with E-state index in [2.05, 4.69) is 11.6 Å². The monoisotopic (exact) mass is 154 g/mol. The number of anilines is 1. The summed E-state index contributed by atoms with van der Waals surface area (Å²) < 4.78 is 0. The van der Waals surface area contributed by atoms with Crippen molar-refractivity contribution in [3.63, 3.8) is 0 Å². The summed E-state index contributed by atoms with van der Waals surface area (Å²) in [6, 6.07) is 1.68. The number of nitrogens with two attached hydrogens (primary N) is 1. The van der Waals surface area contributed by atoms with E-state index in [1.54, 1.807) is 12.1 Å². The Balaban J connectivity index is 3.21. The number of hydrogen-bond acceptors (Lipinski definition) is 2. The smallest absolute Gasteiger partial charge is 0.123 e. The number of nitrogen functional groups attached to an aromatic ring is 1. The first-order chi connectivity index (χ1) is 4.74. The highest BCUT2D eigenvalue weighted by molar-refractivity contribution is 6.31. The Morgan fingerprint density at radius 2 is 2.40 bits per heavy atom. The van der Waals surface area contributed by atoms with Gasteiger partial charge in [-0.2, -0.15) is 0 Å². The first-order valence-corrected chi connectivity index (χ1v) is 3.15. The second kappa shape index (κ2) is 2.71. The van der Waals surface area contributed by atoms with E-state index in [0.717, 1.165) is 5.56 Å². The maximum atomic E-state index is 5.71. The number of aromatic nitrogens is 1. The Kier molecular flexibility index (Phi) is 1.92. The van der Waals surface area contributed by atoms with Crippen LogP contribution >= 0.6 is 11.6 Å². The summed E-state index contributed by atoms with van der Waals surface area (Å²) in [5.74, 6) is 0.458. The molecule has 0 aliphatic heterocycles. The van der Waals surface area contributed by atoms with Gasteiger partial charge in [-0.25, -0.2) is 4.98 Å². The van der Waals surface area contributed by atoms with E-state index in [1.165, 1.54) is 6.20 Å². The van der Waals surface area contributed by atoms with Crippen LogP contribution in [0.5, 0.6) is 0 Å². The first-order valence-electron chi connectivity index (χ1n) is 2.77. The maximum Gasteiger partial charge on any atom is 0.123 e. The van der Waals surface area contributed by atoms with Crippen LogP contribution < -0.4 is 5.73 Å². The lowest BCUT2D eigenvalue weighted by atomic mass is 10.2. The first kappa shape index (κ1) is 7.09. The van der Waals surface area contributed by atoms with Crippen LogP contribution in [0.2, 0.25) is 5.02 Å². The molecule has 2 nitrogen and oxygen atoms in total. The van der Waals surface area contributed by atoms with Crippen molar-refractivity contribution in [2.45, 2.75) is 0 Å². The Morgan fingerprint density at radius 1 is 1.70 bits per heavy atom. The molecule has 0 aliphatic rings. The molecule has 1 aromatic heterocycles. The van der Waals surface area contributed by atoms with Crippen LogP contribution in [-0.2, 0) is 0 Å². The minimum atomic E-state index is 0.458. The fourth-order valence-electron chi connectivity index (χ4n) is 0.628. The lowest BCUT2D eigenvalue weighted by Crippen LogP contribution is -1.89. The molecular weight excluding hydrogens is 148 g/mol. The van der Waals surface area contributed by atoms with Gasteiger partial charge in [0, 0.05) is 6.20 Å². The molecule has 0 atom stereocenters. The van der Waals surface area contributed by atoms with E-state index in [9.17, 15) is 0 Å². The average Bonchev–Trinajstić information content (AvgIpc) is 1.94. The van der Waals surface area contributed by atoms with Crippen molar-refractivity contribution in [1.29, 1.82) is 0 Å². The van der Waals surface area contributed by atoms with E-state index in [0.29, 0.717) is 10.8 Å². The highest BCUT2D eigenvalue weighted by Crippen LogP contribution is 2.16. The summed E-state index contributed by atoms with van der Waals surface area (Å²) in [6.45, 7) is 3.57. The van der Waals surface area contributed by atoms with E-state index in [1.807, 2.05) is 0 Å². The number of pyridine rings is 1. The fraction of sp³-hybridized carbons (Fsp3) is 0. The van der Waals surface area contributed by atoms with E-state index in [-0.39, 0.29) is 0 Å². The van der Waals surface area contributed by atoms with Crippen LogP contribution in [0.25, 0.3) is 6.08 Å². The summed E-state index contributed by atoms with van der Waals surface area (Å²) in [4.78, 5) is 3.79. The minimum absolute atomic E-state index is 0.458. The molecule has 0 saturated heterocycles. The number of nitrogens with zero attached hydrogens (tertiary/aromatic N) is 1. The SMILES string of the molecule is C=Cc1cc(N)ncc1Cl. The Hall–Kier alpha value is -1.02. The molecule has 52 valence electrons. The molecule has 0 spiro atoms. The molecule has 10 heavy (non-hydrogen) atoms. The summed E-state index contributed by atoms with van der Waals surface area (Å²) >= 11 is 5.71. The molecule has 0 aromatic carbocycles. The zero-order chi connectivity index (χ0) is 7.56. The van der Waals surface area contributed by atoms with Crippen molar-refractivity contribution in [3.05, 3.63) is 29.4 Å². The zero-order valence-corrected chi connectivity index (χ0v) is 6.10. The molecule has 0 unspecified atom stereocenters. The van der Waals surface area contributed by atoms with Crippen molar-refractivity contribution in [2.75, 3.05) is 5.73 Å². The number of rotatable bonds is 1. The largest absolute Gasteiger partial charge is 0.384 e. The van der Waals surface area contributed by atoms with Crippen LogP contribution in [-0.4, -0.2) is 4.98 Å². The van der Waals surface area contributed by atoms with Crippen molar-refractivity contribution in [2.24, 2.45) is 0 Å². The van der Waals surface area contributed by atoms with Gasteiger partial charge in [0.05, 0.1) is 5.02 Å². The third kappa shape index (κ3) is 1.28. The van der Waals surface area contributed by atoms with Crippen molar-refractivity contribution >= 4 is 23.5 Å². The standard InChI is InChI=1S/C7H7ClN2/c1-2-5-3-7(9)10-4-6(5)8/h2-4H,1H2,(H2,9,10). The number of halogens is 1. The molecule has 0 saturated carbocycles. The van der Waals surface area contributed by atoms with Gasteiger partial charge in [0.15, 0.2) is 0 Å². The predicted molar refractivity (Wildman–Crippen MR) is 43.8 cm³/mol. The molecule has 0 amide bonds. The number of hydrogen-bond donors (Lipinski definition) is 1. The van der Waals surface area contributed by atoms with Gasteiger partial charge in [-0.1, -0.05) is 24.3 Å². The predicted octanol–water partition coefficient (Wildman–Crippen LogP) is 1.96. The van der Waals surface area contributed by atoms with E-state index in [4.69, 9.17) is 17.3 Å². The van der Waals surface area contributed by atoms with Crippen molar-refractivity contribution in [1.82, 2.24) is 4.98 Å². The summed E-state index contributed by atoms with van der Waals surface area (Å²) in [5.41, 5.74) is 6.20. The second-order valence-electron chi connectivity index (χ2n) is 1.83. The fourth-order valence-corrected chi connectivity index (χ4v) is 0.808. The molecule has 3 heteroatoms. The maximum absolute atomic E-state index is 5.71. The molecule has 0 bridgehead atoms. The van der Waals surface area contributed by atoms with E-state index >= 15 is 0 Å². The van der Waals surface area contributed by atoms with Gasteiger partial charge >= 0.3 is 0 Å². The van der Waals surface area contributed by atoms with Gasteiger partial charge in [0.1, 0.15) is 5.82 Å². The van der Waals surface area contributed by atoms with E-state index < -0.39 is 0 Å². The van der Waals surface area contributed by atoms with Crippen LogP contribution in [0.15, 0.2) is 18.8 Å². The average molecular weight is 155 g/mol. The third-order valence-electron chi connectivity index (χ3n) is 1.13. The molecule has 0 fully saturated rings. The normalized spacial score (nSPS) is 9.30. The minimum Gasteiger partial charge on any atom is -0.384 e. The quantitative estimate of drug-likeness (QED) is 0.672. The molecular formula is C7H7ClN2. The Bertz CT molecular complexity index is 258. The summed E-state index contributed by atoms with van der Waals surface area (Å²) in [6.07, 6.45) is 3.15. The second-order valence-corrected chi connectivity index (χ2v) is 2.24. The van der Waals surface area contributed by atoms with Crippen LogP contribution in [0.1, 0.15) is 5.56 Å². The topological polar surface area (TPSA) is 38.9 Å². The van der Waals surface area contributed by atoms with Gasteiger partial charge < -0.3 is 5.73 Å². The van der Waals surface area contributed by atoms with Crippen LogP contribution in [0.4, 0.5) is 5.82 Å². The molecule has 1 aromatic rings. The highest BCUT2D eigenvalue weighted by Gasteiger charge is 1.95.